The molecule has 0 atom stereocenters. The van der Waals surface area contributed by atoms with E-state index >= 15 is 0 Å². The molecule has 1 heterocycles. The summed E-state index contributed by atoms with van der Waals surface area (Å²) in [5, 5.41) is 0. The molecule has 0 fully saturated rings. The molecule has 4 aromatic rings. The van der Waals surface area contributed by atoms with Gasteiger partial charge in [0.05, 0.1) is 21.7 Å². The van der Waals surface area contributed by atoms with E-state index in [0.717, 1.165) is 14.7 Å². The molecule has 1 amide bonds. The number of halogens is 1. The van der Waals surface area contributed by atoms with Crippen molar-refractivity contribution in [3.63, 3.8) is 0 Å². The number of terminal acetylenes is 1. The van der Waals surface area contributed by atoms with Crippen LogP contribution in [0.5, 0.6) is 0 Å². The third-order valence-electron chi connectivity index (χ3n) is 4.53. The fourth-order valence-corrected chi connectivity index (χ4v) is 5.68. The minimum absolute atomic E-state index is 0.157. The van der Waals surface area contributed by atoms with Gasteiger partial charge < -0.3 is 4.57 Å². The van der Waals surface area contributed by atoms with Crippen LogP contribution in [0.25, 0.3) is 10.2 Å². The topological polar surface area (TPSA) is 80.5 Å². The molecule has 0 unspecified atom stereocenters. The number of fused-ring (bicyclic) bond motifs is 1. The van der Waals surface area contributed by atoms with E-state index in [1.807, 2.05) is 22.8 Å². The van der Waals surface area contributed by atoms with Crippen molar-refractivity contribution in [3.05, 3.63) is 87.6 Å². The average Bonchev–Trinajstić information content (AvgIpc) is 3.10. The lowest BCUT2D eigenvalue weighted by Crippen LogP contribution is -2.16. The van der Waals surface area contributed by atoms with Crippen molar-refractivity contribution < 1.29 is 13.2 Å². The molecule has 0 saturated carbocycles. The van der Waals surface area contributed by atoms with Gasteiger partial charge in [0.2, 0.25) is 0 Å². The molecule has 0 radical (unpaired) electrons. The predicted molar refractivity (Wildman–Crippen MR) is 130 cm³/mol. The van der Waals surface area contributed by atoms with Crippen LogP contribution in [-0.2, 0) is 16.6 Å². The summed E-state index contributed by atoms with van der Waals surface area (Å²) in [6.07, 6.45) is 5.50. The number of hydrogen-bond donors (Lipinski definition) is 1. The van der Waals surface area contributed by atoms with Crippen LogP contribution in [0.3, 0.4) is 0 Å². The number of benzene rings is 3. The number of rotatable bonds is 5. The van der Waals surface area contributed by atoms with Crippen LogP contribution in [0.4, 0.5) is 5.69 Å². The molecule has 3 aromatic carbocycles. The highest BCUT2D eigenvalue weighted by molar-refractivity contribution is 9.10. The highest BCUT2D eigenvalue weighted by atomic mass is 79.9. The highest BCUT2D eigenvalue weighted by Gasteiger charge is 2.14. The van der Waals surface area contributed by atoms with Crippen molar-refractivity contribution in [1.82, 2.24) is 4.57 Å². The van der Waals surface area contributed by atoms with Gasteiger partial charge in [-0.05, 0) is 54.6 Å². The quantitative estimate of drug-likeness (QED) is 0.385. The van der Waals surface area contributed by atoms with Crippen molar-refractivity contribution in [3.8, 4) is 12.3 Å². The summed E-state index contributed by atoms with van der Waals surface area (Å²) in [4.78, 5) is 17.7. The van der Waals surface area contributed by atoms with Gasteiger partial charge in [0.1, 0.15) is 0 Å². The molecule has 6 nitrogen and oxygen atoms in total. The molecule has 32 heavy (non-hydrogen) atoms. The van der Waals surface area contributed by atoms with Gasteiger partial charge in [-0.15, -0.1) is 6.42 Å². The van der Waals surface area contributed by atoms with E-state index in [4.69, 9.17) is 6.42 Å². The fourth-order valence-electron chi connectivity index (χ4n) is 3.02. The molecule has 160 valence electrons. The van der Waals surface area contributed by atoms with Gasteiger partial charge in [-0.3, -0.25) is 9.52 Å². The largest absolute Gasteiger partial charge is 0.305 e. The monoisotopic (exact) mass is 525 g/mol. The van der Waals surface area contributed by atoms with Crippen LogP contribution in [0, 0.1) is 12.3 Å². The summed E-state index contributed by atoms with van der Waals surface area (Å²) in [5.41, 5.74) is 1.58. The third-order valence-corrected chi connectivity index (χ3v) is 7.46. The van der Waals surface area contributed by atoms with Crippen LogP contribution in [0.1, 0.15) is 10.4 Å². The van der Waals surface area contributed by atoms with E-state index in [1.165, 1.54) is 47.7 Å². The number of hydrogen-bond acceptors (Lipinski definition) is 4. The first-order valence-electron chi connectivity index (χ1n) is 9.37. The van der Waals surface area contributed by atoms with E-state index in [9.17, 15) is 13.2 Å². The lowest BCUT2D eigenvalue weighted by atomic mass is 10.2. The number of sulfonamides is 1. The van der Waals surface area contributed by atoms with Gasteiger partial charge in [0.25, 0.3) is 15.9 Å². The van der Waals surface area contributed by atoms with Crippen molar-refractivity contribution in [2.45, 2.75) is 11.4 Å². The molecular formula is C23H16BrN3O3S2. The summed E-state index contributed by atoms with van der Waals surface area (Å²) in [7, 11) is -3.71. The Balaban J connectivity index is 1.62. The van der Waals surface area contributed by atoms with Gasteiger partial charge in [-0.25, -0.2) is 8.42 Å². The van der Waals surface area contributed by atoms with E-state index in [2.05, 4.69) is 31.6 Å². The Morgan fingerprint density at radius 1 is 1.09 bits per heavy atom. The minimum Gasteiger partial charge on any atom is -0.305 e. The van der Waals surface area contributed by atoms with Gasteiger partial charge in [-0.1, -0.05) is 51.4 Å². The summed E-state index contributed by atoms with van der Waals surface area (Å²) in [6.45, 7) is 0.286. The van der Waals surface area contributed by atoms with Gasteiger partial charge in [0.15, 0.2) is 4.80 Å². The van der Waals surface area contributed by atoms with Crippen molar-refractivity contribution in [2.75, 3.05) is 4.72 Å². The molecule has 0 bridgehead atoms. The molecule has 0 saturated heterocycles. The second kappa shape index (κ2) is 9.12. The predicted octanol–water partition coefficient (Wildman–Crippen LogP) is 4.64. The molecular weight excluding hydrogens is 510 g/mol. The molecule has 0 aliphatic heterocycles. The fraction of sp³-hybridized carbons (Fsp3) is 0.0435. The van der Waals surface area contributed by atoms with Gasteiger partial charge >= 0.3 is 0 Å². The highest BCUT2D eigenvalue weighted by Crippen LogP contribution is 2.22. The summed E-state index contributed by atoms with van der Waals surface area (Å²) < 4.78 is 31.1. The Morgan fingerprint density at radius 3 is 2.50 bits per heavy atom. The van der Waals surface area contributed by atoms with Crippen molar-refractivity contribution in [2.24, 2.45) is 4.99 Å². The second-order valence-electron chi connectivity index (χ2n) is 6.70. The number of aromatic nitrogens is 1. The van der Waals surface area contributed by atoms with Crippen LogP contribution < -0.4 is 9.52 Å². The summed E-state index contributed by atoms with van der Waals surface area (Å²) in [6, 6.07) is 20.0. The maximum absolute atomic E-state index is 12.8. The van der Waals surface area contributed by atoms with E-state index in [0.29, 0.717) is 16.1 Å². The zero-order valence-corrected chi connectivity index (χ0v) is 19.7. The second-order valence-corrected chi connectivity index (χ2v) is 10.3. The Labute approximate surface area is 197 Å². The summed E-state index contributed by atoms with van der Waals surface area (Å²) in [5.74, 6) is 2.15. The first-order valence-corrected chi connectivity index (χ1v) is 12.5. The molecule has 0 spiro atoms. The maximum atomic E-state index is 12.8. The lowest BCUT2D eigenvalue weighted by Gasteiger charge is -2.08. The van der Waals surface area contributed by atoms with E-state index in [-0.39, 0.29) is 11.4 Å². The first kappa shape index (κ1) is 22.0. The molecule has 1 N–H and O–H groups in total. The molecule has 1 aromatic heterocycles. The van der Waals surface area contributed by atoms with Crippen LogP contribution in [-0.4, -0.2) is 18.9 Å². The van der Waals surface area contributed by atoms with Crippen LogP contribution >= 0.6 is 27.3 Å². The average molecular weight is 526 g/mol. The SMILES string of the molecule is C#CCn1c(=NC(=O)c2ccc(NS(=O)(=O)c3ccccc3)cc2)sc2cc(Br)ccc21. The van der Waals surface area contributed by atoms with E-state index < -0.39 is 15.9 Å². The Morgan fingerprint density at radius 2 is 1.81 bits per heavy atom. The van der Waals surface area contributed by atoms with Crippen LogP contribution in [0.2, 0.25) is 0 Å². The number of carbonyl (C=O) groups excluding carboxylic acids is 1. The maximum Gasteiger partial charge on any atom is 0.279 e. The third kappa shape index (κ3) is 4.67. The van der Waals surface area contributed by atoms with Crippen LogP contribution in [0.15, 0.2) is 87.2 Å². The van der Waals surface area contributed by atoms with E-state index in [1.54, 1.807) is 18.2 Å². The number of thiazole rings is 1. The standard InChI is InChI=1S/C23H16BrN3O3S2/c1-2-14-27-20-13-10-17(24)15-21(20)31-23(27)25-22(28)16-8-11-18(12-9-16)26-32(29,30)19-6-4-3-5-7-19/h1,3-13,15,26H,14H2. The Hall–Kier alpha value is -3.19. The minimum atomic E-state index is -3.71. The molecule has 9 heteroatoms. The number of amides is 1. The molecule has 4 rings (SSSR count). The first-order chi connectivity index (χ1) is 15.4. The van der Waals surface area contributed by atoms with Crippen molar-refractivity contribution >= 4 is 59.1 Å². The normalized spacial score (nSPS) is 11.9. The number of nitrogens with one attached hydrogen (secondary N) is 1. The molecule has 0 aliphatic rings. The molecule has 0 aliphatic carbocycles. The lowest BCUT2D eigenvalue weighted by molar-refractivity contribution is 0.0998. The van der Waals surface area contributed by atoms with Gasteiger partial charge in [-0.2, -0.15) is 4.99 Å². The van der Waals surface area contributed by atoms with Crippen molar-refractivity contribution in [1.29, 1.82) is 0 Å². The summed E-state index contributed by atoms with van der Waals surface area (Å²) >= 11 is 4.81. The zero-order chi connectivity index (χ0) is 22.7. The van der Waals surface area contributed by atoms with Gasteiger partial charge in [0, 0.05) is 15.7 Å². The smallest absolute Gasteiger partial charge is 0.279 e. The number of nitrogens with zero attached hydrogens (tertiary/aromatic N) is 2. The zero-order valence-electron chi connectivity index (χ0n) is 16.5. The number of carbonyl (C=O) groups is 1. The number of anilines is 1. The Kier molecular flexibility index (Phi) is 6.28. The Bertz CT molecular complexity index is 1520.